The predicted molar refractivity (Wildman–Crippen MR) is 100 cm³/mol. The normalized spacial score (nSPS) is 20.0. The van der Waals surface area contributed by atoms with Gasteiger partial charge in [0.05, 0.1) is 7.11 Å². The van der Waals surface area contributed by atoms with Gasteiger partial charge in [-0.2, -0.15) is 0 Å². The molecule has 2 saturated heterocycles. The van der Waals surface area contributed by atoms with Crippen molar-refractivity contribution in [3.8, 4) is 5.75 Å². The summed E-state index contributed by atoms with van der Waals surface area (Å²) in [4.78, 5) is 26.6. The highest BCUT2D eigenvalue weighted by atomic mass is 16.5. The van der Waals surface area contributed by atoms with E-state index in [1.807, 2.05) is 29.2 Å². The number of nitrogens with zero attached hydrogens (tertiary/aromatic N) is 1. The van der Waals surface area contributed by atoms with Crippen molar-refractivity contribution < 1.29 is 14.3 Å². The molecule has 1 spiro atoms. The van der Waals surface area contributed by atoms with Crippen LogP contribution in [0.15, 0.2) is 24.3 Å². The number of nitrogens with one attached hydrogen (secondary N) is 2. The molecule has 6 heteroatoms. The van der Waals surface area contributed by atoms with Gasteiger partial charge in [0, 0.05) is 33.0 Å². The van der Waals surface area contributed by atoms with E-state index in [4.69, 9.17) is 4.74 Å². The van der Waals surface area contributed by atoms with Crippen LogP contribution in [-0.4, -0.2) is 56.0 Å². The molecule has 2 aliphatic heterocycles. The van der Waals surface area contributed by atoms with Crippen molar-refractivity contribution in [3.63, 3.8) is 0 Å². The summed E-state index contributed by atoms with van der Waals surface area (Å²) in [5.41, 5.74) is 1.34. The van der Waals surface area contributed by atoms with E-state index in [0.29, 0.717) is 11.8 Å². The van der Waals surface area contributed by atoms with E-state index in [0.717, 1.165) is 50.3 Å². The van der Waals surface area contributed by atoms with Gasteiger partial charge in [-0.15, -0.1) is 0 Å². The molecule has 2 N–H and O–H groups in total. The highest BCUT2D eigenvalue weighted by molar-refractivity contribution is 5.87. The number of rotatable bonds is 5. The first kappa shape index (κ1) is 18.7. The topological polar surface area (TPSA) is 70.7 Å². The maximum absolute atomic E-state index is 13.1. The maximum atomic E-state index is 13.1. The molecule has 2 heterocycles. The highest BCUT2D eigenvalue weighted by Crippen LogP contribution is 2.37. The summed E-state index contributed by atoms with van der Waals surface area (Å²) in [6, 6.07) is 7.12. The zero-order chi connectivity index (χ0) is 18.6. The van der Waals surface area contributed by atoms with Crippen LogP contribution in [0.2, 0.25) is 0 Å². The number of methoxy groups -OCH3 is 1. The smallest absolute Gasteiger partial charge is 0.245 e. The molecule has 26 heavy (non-hydrogen) atoms. The Labute approximate surface area is 155 Å². The Kier molecular flexibility index (Phi) is 5.81. The fourth-order valence-electron chi connectivity index (χ4n) is 4.12. The van der Waals surface area contributed by atoms with Crippen molar-refractivity contribution in [1.29, 1.82) is 0 Å². The molecule has 1 unspecified atom stereocenters. The number of amides is 2. The number of ether oxygens (including phenoxy) is 1. The molecule has 142 valence electrons. The molecule has 2 aliphatic rings. The summed E-state index contributed by atoms with van der Waals surface area (Å²) < 4.78 is 5.26. The molecule has 1 aromatic carbocycles. The van der Waals surface area contributed by atoms with Crippen molar-refractivity contribution in [3.05, 3.63) is 29.8 Å². The lowest BCUT2D eigenvalue weighted by molar-refractivity contribution is -0.138. The minimum absolute atomic E-state index is 0.0174. The van der Waals surface area contributed by atoms with E-state index in [2.05, 4.69) is 10.6 Å². The number of benzene rings is 1. The second-order valence-corrected chi connectivity index (χ2v) is 7.56. The van der Waals surface area contributed by atoms with Crippen LogP contribution >= 0.6 is 0 Å². The number of carbonyl (C=O) groups is 2. The number of likely N-dealkylation sites (tertiary alicyclic amines) is 1. The summed E-state index contributed by atoms with van der Waals surface area (Å²) in [6.45, 7) is 5.15. The lowest BCUT2D eigenvalue weighted by atomic mass is 9.77. The molecule has 0 radical (unpaired) electrons. The Morgan fingerprint density at radius 1 is 1.31 bits per heavy atom. The number of piperidine rings is 1. The Morgan fingerprint density at radius 3 is 2.69 bits per heavy atom. The van der Waals surface area contributed by atoms with Gasteiger partial charge in [0.1, 0.15) is 11.8 Å². The monoisotopic (exact) mass is 359 g/mol. The Hall–Kier alpha value is -2.08. The van der Waals surface area contributed by atoms with Crippen LogP contribution in [0.4, 0.5) is 0 Å². The molecule has 2 amide bonds. The van der Waals surface area contributed by atoms with Crippen LogP contribution in [0.3, 0.4) is 0 Å². The first-order valence-electron chi connectivity index (χ1n) is 9.41. The number of carbonyl (C=O) groups excluding carboxylic acids is 2. The maximum Gasteiger partial charge on any atom is 0.245 e. The first-order chi connectivity index (χ1) is 12.5. The molecule has 3 rings (SSSR count). The molecule has 0 aromatic heterocycles. The Bertz CT molecular complexity index is 645. The van der Waals surface area contributed by atoms with Crippen molar-refractivity contribution in [2.24, 2.45) is 5.41 Å². The largest absolute Gasteiger partial charge is 0.497 e. The molecular weight excluding hydrogens is 330 g/mol. The summed E-state index contributed by atoms with van der Waals surface area (Å²) >= 11 is 0. The average Bonchev–Trinajstić information content (AvgIpc) is 3.09. The average molecular weight is 359 g/mol. The van der Waals surface area contributed by atoms with Gasteiger partial charge in [0.15, 0.2) is 0 Å². The SMILES string of the molecule is COc1cccc(CC(NC(C)=O)C(=O)N2CCC3(CCNC3)CC2)c1. The van der Waals surface area contributed by atoms with E-state index in [1.54, 1.807) is 7.11 Å². The molecule has 1 atom stereocenters. The summed E-state index contributed by atoms with van der Waals surface area (Å²) in [5.74, 6) is 0.591. The molecule has 1 aromatic rings. The fourth-order valence-corrected chi connectivity index (χ4v) is 4.12. The quantitative estimate of drug-likeness (QED) is 0.832. The third-order valence-corrected chi connectivity index (χ3v) is 5.72. The van der Waals surface area contributed by atoms with Crippen molar-refractivity contribution >= 4 is 11.8 Å². The van der Waals surface area contributed by atoms with E-state index in [-0.39, 0.29) is 11.8 Å². The van der Waals surface area contributed by atoms with E-state index in [9.17, 15) is 9.59 Å². The fraction of sp³-hybridized carbons (Fsp3) is 0.600. The van der Waals surface area contributed by atoms with Gasteiger partial charge >= 0.3 is 0 Å². The minimum atomic E-state index is -0.532. The van der Waals surface area contributed by atoms with Crippen molar-refractivity contribution in [2.75, 3.05) is 33.3 Å². The Morgan fingerprint density at radius 2 is 2.08 bits per heavy atom. The second kappa shape index (κ2) is 8.08. The third-order valence-electron chi connectivity index (χ3n) is 5.72. The van der Waals surface area contributed by atoms with Gasteiger partial charge in [-0.25, -0.2) is 0 Å². The van der Waals surface area contributed by atoms with E-state index < -0.39 is 6.04 Å². The summed E-state index contributed by atoms with van der Waals surface area (Å²) in [5, 5.41) is 6.29. The molecule has 2 fully saturated rings. The van der Waals surface area contributed by atoms with Gasteiger partial charge in [-0.3, -0.25) is 9.59 Å². The van der Waals surface area contributed by atoms with Crippen LogP contribution in [0, 0.1) is 5.41 Å². The van der Waals surface area contributed by atoms with Gasteiger partial charge in [-0.05, 0) is 48.9 Å². The zero-order valence-electron chi connectivity index (χ0n) is 15.7. The molecule has 6 nitrogen and oxygen atoms in total. The van der Waals surface area contributed by atoms with Crippen LogP contribution in [0.1, 0.15) is 31.7 Å². The van der Waals surface area contributed by atoms with E-state index >= 15 is 0 Å². The zero-order valence-corrected chi connectivity index (χ0v) is 15.7. The van der Waals surface area contributed by atoms with Crippen molar-refractivity contribution in [1.82, 2.24) is 15.5 Å². The van der Waals surface area contributed by atoms with Crippen molar-refractivity contribution in [2.45, 2.75) is 38.6 Å². The minimum Gasteiger partial charge on any atom is -0.497 e. The predicted octanol–water partition coefficient (Wildman–Crippen LogP) is 1.34. The van der Waals surface area contributed by atoms with Crippen LogP contribution < -0.4 is 15.4 Å². The van der Waals surface area contributed by atoms with Crippen LogP contribution in [0.25, 0.3) is 0 Å². The van der Waals surface area contributed by atoms with E-state index in [1.165, 1.54) is 13.3 Å². The standard InChI is InChI=1S/C20H29N3O3/c1-15(24)22-18(13-16-4-3-5-17(12-16)26-2)19(25)23-10-7-20(8-11-23)6-9-21-14-20/h3-5,12,18,21H,6-11,13-14H2,1-2H3,(H,22,24). The Balaban J connectivity index is 1.66. The molecule has 0 aliphatic carbocycles. The first-order valence-corrected chi connectivity index (χ1v) is 9.41. The number of hydrogen-bond acceptors (Lipinski definition) is 4. The van der Waals surface area contributed by atoms with Gasteiger partial charge in [0.25, 0.3) is 0 Å². The number of hydrogen-bond donors (Lipinski definition) is 2. The van der Waals surface area contributed by atoms with Crippen LogP contribution in [0.5, 0.6) is 5.75 Å². The van der Waals surface area contributed by atoms with Gasteiger partial charge in [-0.1, -0.05) is 12.1 Å². The summed E-state index contributed by atoms with van der Waals surface area (Å²) in [7, 11) is 1.62. The molecule has 0 saturated carbocycles. The lowest BCUT2D eigenvalue weighted by Crippen LogP contribution is -2.52. The third kappa shape index (κ3) is 4.36. The summed E-state index contributed by atoms with van der Waals surface area (Å²) in [6.07, 6.45) is 3.75. The molecule has 0 bridgehead atoms. The van der Waals surface area contributed by atoms with Gasteiger partial charge < -0.3 is 20.3 Å². The second-order valence-electron chi connectivity index (χ2n) is 7.56. The van der Waals surface area contributed by atoms with Crippen LogP contribution in [-0.2, 0) is 16.0 Å². The lowest BCUT2D eigenvalue weighted by Gasteiger charge is -2.40. The highest BCUT2D eigenvalue weighted by Gasteiger charge is 2.39. The van der Waals surface area contributed by atoms with Gasteiger partial charge in [0.2, 0.25) is 11.8 Å². The molecular formula is C20H29N3O3.